The predicted octanol–water partition coefficient (Wildman–Crippen LogP) is 8.30. The molecule has 0 saturated carbocycles. The maximum Gasteiger partial charge on any atom is 0.343 e. The number of carbonyl (C=O) groups excluding carboxylic acids is 1. The molecular weight excluding hydrogens is 418 g/mol. The Morgan fingerprint density at radius 1 is 0.735 bits per heavy atom. The maximum absolute atomic E-state index is 12.7. The van der Waals surface area contributed by atoms with Gasteiger partial charge in [0.05, 0.1) is 11.1 Å². The SMILES string of the molecule is CCCCCCc1ccc(OC(=O)c2ccc(-c3ccc(CCCCC)cc3)cc2)c(C#N)c1. The van der Waals surface area contributed by atoms with Gasteiger partial charge in [-0.3, -0.25) is 0 Å². The van der Waals surface area contributed by atoms with Crippen molar-refractivity contribution in [1.29, 1.82) is 5.26 Å². The van der Waals surface area contributed by atoms with Crippen molar-refractivity contribution in [2.24, 2.45) is 0 Å². The Kier molecular flexibility index (Phi) is 9.92. The minimum absolute atomic E-state index is 0.313. The largest absolute Gasteiger partial charge is 0.422 e. The van der Waals surface area contributed by atoms with Gasteiger partial charge in [-0.1, -0.05) is 88.4 Å². The Labute approximate surface area is 204 Å². The van der Waals surface area contributed by atoms with Gasteiger partial charge >= 0.3 is 5.97 Å². The summed E-state index contributed by atoms with van der Waals surface area (Å²) in [6, 6.07) is 23.8. The molecule has 0 atom stereocenters. The molecule has 0 aliphatic rings. The van der Waals surface area contributed by atoms with Crippen LogP contribution >= 0.6 is 0 Å². The molecule has 0 aliphatic heterocycles. The van der Waals surface area contributed by atoms with E-state index in [0.29, 0.717) is 16.9 Å². The number of aryl methyl sites for hydroxylation is 2. The zero-order chi connectivity index (χ0) is 24.2. The van der Waals surface area contributed by atoms with Gasteiger partial charge < -0.3 is 4.74 Å². The van der Waals surface area contributed by atoms with Crippen molar-refractivity contribution >= 4 is 5.97 Å². The highest BCUT2D eigenvalue weighted by Gasteiger charge is 2.13. The molecule has 0 amide bonds. The summed E-state index contributed by atoms with van der Waals surface area (Å²) in [6.07, 6.45) is 10.5. The number of benzene rings is 3. The van der Waals surface area contributed by atoms with Crippen LogP contribution < -0.4 is 4.74 Å². The molecule has 3 rings (SSSR count). The number of hydrogen-bond donors (Lipinski definition) is 0. The molecule has 0 heterocycles. The van der Waals surface area contributed by atoms with Crippen molar-refractivity contribution < 1.29 is 9.53 Å². The fourth-order valence-electron chi connectivity index (χ4n) is 4.07. The summed E-state index contributed by atoms with van der Waals surface area (Å²) in [4.78, 5) is 12.7. The molecule has 0 spiro atoms. The molecule has 3 heteroatoms. The Hall–Kier alpha value is -3.38. The fraction of sp³-hybridized carbons (Fsp3) is 0.355. The number of unbranched alkanes of at least 4 members (excludes halogenated alkanes) is 5. The van der Waals surface area contributed by atoms with E-state index in [2.05, 4.69) is 44.2 Å². The number of ether oxygens (including phenoxy) is 1. The molecule has 0 bridgehead atoms. The summed E-state index contributed by atoms with van der Waals surface area (Å²) < 4.78 is 5.57. The van der Waals surface area contributed by atoms with Crippen LogP contribution in [-0.4, -0.2) is 5.97 Å². The molecule has 0 fully saturated rings. The second-order valence-corrected chi connectivity index (χ2v) is 8.87. The zero-order valence-electron chi connectivity index (χ0n) is 20.5. The molecule has 176 valence electrons. The highest BCUT2D eigenvalue weighted by molar-refractivity contribution is 5.92. The lowest BCUT2D eigenvalue weighted by Crippen LogP contribution is -2.09. The van der Waals surface area contributed by atoms with Crippen LogP contribution in [0.4, 0.5) is 0 Å². The van der Waals surface area contributed by atoms with Crippen molar-refractivity contribution in [2.75, 3.05) is 0 Å². The average Bonchev–Trinajstić information content (AvgIpc) is 2.88. The summed E-state index contributed by atoms with van der Waals surface area (Å²) in [5, 5.41) is 9.54. The van der Waals surface area contributed by atoms with Gasteiger partial charge in [-0.2, -0.15) is 5.26 Å². The van der Waals surface area contributed by atoms with Gasteiger partial charge in [0.1, 0.15) is 11.8 Å². The Morgan fingerprint density at radius 2 is 1.29 bits per heavy atom. The van der Waals surface area contributed by atoms with Crippen molar-refractivity contribution in [3.8, 4) is 22.9 Å². The normalized spacial score (nSPS) is 10.6. The fourth-order valence-corrected chi connectivity index (χ4v) is 4.07. The van der Waals surface area contributed by atoms with Crippen LogP contribution in [0.3, 0.4) is 0 Å². The Balaban J connectivity index is 1.62. The van der Waals surface area contributed by atoms with Crippen molar-refractivity contribution in [2.45, 2.75) is 71.6 Å². The summed E-state index contributed by atoms with van der Waals surface area (Å²) in [5.41, 5.74) is 5.51. The third-order valence-electron chi connectivity index (χ3n) is 6.16. The maximum atomic E-state index is 12.7. The van der Waals surface area contributed by atoms with E-state index in [1.54, 1.807) is 18.2 Å². The number of carbonyl (C=O) groups is 1. The molecule has 0 radical (unpaired) electrons. The molecule has 34 heavy (non-hydrogen) atoms. The highest BCUT2D eigenvalue weighted by atomic mass is 16.5. The lowest BCUT2D eigenvalue weighted by molar-refractivity contribution is 0.0734. The second kappa shape index (κ2) is 13.4. The third kappa shape index (κ3) is 7.32. The van der Waals surface area contributed by atoms with Gasteiger partial charge in [-0.25, -0.2) is 4.79 Å². The van der Waals surface area contributed by atoms with Crippen molar-refractivity contribution in [3.63, 3.8) is 0 Å². The zero-order valence-corrected chi connectivity index (χ0v) is 20.5. The van der Waals surface area contributed by atoms with Crippen molar-refractivity contribution in [1.82, 2.24) is 0 Å². The monoisotopic (exact) mass is 453 g/mol. The van der Waals surface area contributed by atoms with E-state index in [1.165, 1.54) is 44.1 Å². The van der Waals surface area contributed by atoms with Crippen molar-refractivity contribution in [3.05, 3.63) is 89.0 Å². The summed E-state index contributed by atoms with van der Waals surface area (Å²) in [5.74, 6) is -0.141. The van der Waals surface area contributed by atoms with E-state index in [0.717, 1.165) is 36.0 Å². The number of esters is 1. The van der Waals surface area contributed by atoms with Crippen LogP contribution in [0.25, 0.3) is 11.1 Å². The molecule has 3 aromatic rings. The quantitative estimate of drug-likeness (QED) is 0.157. The lowest BCUT2D eigenvalue weighted by Gasteiger charge is -2.09. The van der Waals surface area contributed by atoms with Gasteiger partial charge in [-0.05, 0) is 72.2 Å². The smallest absolute Gasteiger partial charge is 0.343 e. The minimum Gasteiger partial charge on any atom is -0.422 e. The van der Waals surface area contributed by atoms with Gasteiger partial charge in [0, 0.05) is 0 Å². The lowest BCUT2D eigenvalue weighted by atomic mass is 10.0. The Morgan fingerprint density at radius 3 is 1.94 bits per heavy atom. The van der Waals surface area contributed by atoms with Crippen LogP contribution in [0.1, 0.15) is 85.8 Å². The number of rotatable bonds is 12. The van der Waals surface area contributed by atoms with Crippen LogP contribution in [0, 0.1) is 11.3 Å². The van der Waals surface area contributed by atoms with E-state index in [4.69, 9.17) is 4.74 Å². The highest BCUT2D eigenvalue weighted by Crippen LogP contribution is 2.24. The van der Waals surface area contributed by atoms with E-state index >= 15 is 0 Å². The molecule has 0 aliphatic carbocycles. The second-order valence-electron chi connectivity index (χ2n) is 8.87. The van der Waals surface area contributed by atoms with Crippen LogP contribution in [-0.2, 0) is 12.8 Å². The van der Waals surface area contributed by atoms with Crippen LogP contribution in [0.5, 0.6) is 5.75 Å². The van der Waals surface area contributed by atoms with E-state index in [1.807, 2.05) is 24.3 Å². The predicted molar refractivity (Wildman–Crippen MR) is 139 cm³/mol. The first kappa shape index (κ1) is 25.2. The molecule has 3 nitrogen and oxygen atoms in total. The van der Waals surface area contributed by atoms with Crippen LogP contribution in [0.15, 0.2) is 66.7 Å². The first-order valence-electron chi connectivity index (χ1n) is 12.6. The molecule has 0 aromatic heterocycles. The number of nitriles is 1. The summed E-state index contributed by atoms with van der Waals surface area (Å²) >= 11 is 0. The molecule has 3 aromatic carbocycles. The first-order valence-corrected chi connectivity index (χ1v) is 12.6. The van der Waals surface area contributed by atoms with Gasteiger partial charge in [0.15, 0.2) is 0 Å². The average molecular weight is 454 g/mol. The van der Waals surface area contributed by atoms with Gasteiger partial charge in [-0.15, -0.1) is 0 Å². The van der Waals surface area contributed by atoms with E-state index in [-0.39, 0.29) is 0 Å². The topological polar surface area (TPSA) is 50.1 Å². The molecular formula is C31H35NO2. The summed E-state index contributed by atoms with van der Waals surface area (Å²) in [6.45, 7) is 4.41. The van der Waals surface area contributed by atoms with Gasteiger partial charge in [0.2, 0.25) is 0 Å². The summed E-state index contributed by atoms with van der Waals surface area (Å²) in [7, 11) is 0. The number of hydrogen-bond acceptors (Lipinski definition) is 3. The molecule has 0 N–H and O–H groups in total. The Bertz CT molecular complexity index is 1090. The van der Waals surface area contributed by atoms with E-state index in [9.17, 15) is 10.1 Å². The van der Waals surface area contributed by atoms with E-state index < -0.39 is 5.97 Å². The standard InChI is InChI=1S/C31H35NO2/c1-3-5-7-9-11-25-14-21-30(29(22-25)23-32)34-31(33)28-19-17-27(18-20-28)26-15-12-24(13-16-26)10-8-6-4-2/h12-22H,3-11H2,1-2H3. The van der Waals surface area contributed by atoms with Gasteiger partial charge in [0.25, 0.3) is 0 Å². The molecule has 0 saturated heterocycles. The van der Waals surface area contributed by atoms with Crippen LogP contribution in [0.2, 0.25) is 0 Å². The first-order chi connectivity index (χ1) is 16.6. The minimum atomic E-state index is -0.454. The number of nitrogens with zero attached hydrogens (tertiary/aromatic N) is 1. The third-order valence-corrected chi connectivity index (χ3v) is 6.16. The molecule has 0 unspecified atom stereocenters.